The largest absolute Gasteiger partial charge is 0.416 e. The summed E-state index contributed by atoms with van der Waals surface area (Å²) < 4.78 is 38.5. The third-order valence-corrected chi connectivity index (χ3v) is 2.39. The summed E-state index contributed by atoms with van der Waals surface area (Å²) in [6, 6.07) is 4.77. The molecular formula is C11H10F3N2O+. The normalized spacial score (nSPS) is 18.5. The average molecular weight is 243 g/mol. The lowest BCUT2D eigenvalue weighted by atomic mass is 10.1. The van der Waals surface area contributed by atoms with Crippen LogP contribution < -0.4 is 5.43 Å². The van der Waals surface area contributed by atoms with Gasteiger partial charge in [0.15, 0.2) is 6.54 Å². The molecule has 0 spiro atoms. The minimum absolute atomic E-state index is 0.0897. The van der Waals surface area contributed by atoms with E-state index >= 15 is 0 Å². The molecule has 0 atom stereocenters. The van der Waals surface area contributed by atoms with Crippen LogP contribution in [0.4, 0.5) is 13.2 Å². The summed E-state index contributed by atoms with van der Waals surface area (Å²) in [6.45, 7) is 0.528. The zero-order valence-electron chi connectivity index (χ0n) is 8.79. The number of hydrogen-bond donors (Lipinski definition) is 1. The van der Waals surface area contributed by atoms with Gasteiger partial charge in [-0.15, -0.1) is 10.1 Å². The van der Waals surface area contributed by atoms with Crippen LogP contribution in [0.2, 0.25) is 0 Å². The van der Waals surface area contributed by atoms with E-state index in [-0.39, 0.29) is 5.91 Å². The van der Waals surface area contributed by atoms with Crippen molar-refractivity contribution in [1.82, 2.24) is 5.43 Å². The molecule has 6 heteroatoms. The van der Waals surface area contributed by atoms with Crippen molar-refractivity contribution in [2.45, 2.75) is 12.6 Å². The van der Waals surface area contributed by atoms with Gasteiger partial charge in [0.05, 0.1) is 12.0 Å². The second kappa shape index (κ2) is 4.20. The van der Waals surface area contributed by atoms with E-state index < -0.39 is 11.7 Å². The quantitative estimate of drug-likeness (QED) is 0.746. The number of nitrogens with zero attached hydrogens (tertiary/aromatic N) is 1. The first-order valence-corrected chi connectivity index (χ1v) is 5.03. The van der Waals surface area contributed by atoms with Gasteiger partial charge < -0.3 is 0 Å². The molecule has 1 aromatic carbocycles. The molecule has 1 fully saturated rings. The zero-order chi connectivity index (χ0) is 12.5. The van der Waals surface area contributed by atoms with Gasteiger partial charge in [0, 0.05) is 5.56 Å². The first-order valence-electron chi connectivity index (χ1n) is 5.03. The van der Waals surface area contributed by atoms with Crippen LogP contribution in [0.5, 0.6) is 0 Å². The van der Waals surface area contributed by atoms with E-state index in [0.29, 0.717) is 18.5 Å². The van der Waals surface area contributed by atoms with Crippen molar-refractivity contribution in [2.24, 2.45) is 0 Å². The van der Waals surface area contributed by atoms with E-state index in [1.807, 2.05) is 0 Å². The molecule has 2 rings (SSSR count). The first kappa shape index (κ1) is 11.6. The standard InChI is InChI=1S/C11H9F3N2O/c12-11(13,14)9-3-1-8(2-4-9)7-16-6-5-10(17)15-16/h1-4,7H,5-6H2/p+1/b16-7+. The maximum absolute atomic E-state index is 12.3. The van der Waals surface area contributed by atoms with Crippen LogP contribution in [0.3, 0.4) is 0 Å². The minimum atomic E-state index is -4.32. The van der Waals surface area contributed by atoms with E-state index in [2.05, 4.69) is 5.43 Å². The highest BCUT2D eigenvalue weighted by Crippen LogP contribution is 2.28. The molecule has 0 bridgehead atoms. The molecule has 1 aliphatic rings. The van der Waals surface area contributed by atoms with Crippen LogP contribution in [0.1, 0.15) is 17.5 Å². The van der Waals surface area contributed by atoms with Crippen LogP contribution in [0, 0.1) is 0 Å². The summed E-state index contributed by atoms with van der Waals surface area (Å²) >= 11 is 0. The van der Waals surface area contributed by atoms with Crippen molar-refractivity contribution in [3.8, 4) is 0 Å². The van der Waals surface area contributed by atoms with Crippen LogP contribution >= 0.6 is 0 Å². The number of halogens is 3. The Labute approximate surface area is 95.5 Å². The first-order chi connectivity index (χ1) is 7.95. The summed E-state index contributed by atoms with van der Waals surface area (Å²) in [7, 11) is 0. The smallest absolute Gasteiger partial charge is 0.269 e. The van der Waals surface area contributed by atoms with Gasteiger partial charge >= 0.3 is 6.18 Å². The lowest BCUT2D eigenvalue weighted by Crippen LogP contribution is -2.25. The van der Waals surface area contributed by atoms with Gasteiger partial charge in [-0.2, -0.15) is 13.2 Å². The second-order valence-corrected chi connectivity index (χ2v) is 3.73. The van der Waals surface area contributed by atoms with E-state index in [9.17, 15) is 18.0 Å². The molecule has 1 aromatic rings. The van der Waals surface area contributed by atoms with Gasteiger partial charge in [0.25, 0.3) is 5.91 Å². The molecule has 17 heavy (non-hydrogen) atoms. The molecule has 1 amide bonds. The van der Waals surface area contributed by atoms with Gasteiger partial charge in [0.1, 0.15) is 0 Å². The summed E-state index contributed by atoms with van der Waals surface area (Å²) in [6.07, 6.45) is -2.32. The third kappa shape index (κ3) is 2.83. The third-order valence-electron chi connectivity index (χ3n) is 2.39. The molecule has 3 nitrogen and oxygen atoms in total. The van der Waals surface area contributed by atoms with Crippen molar-refractivity contribution in [2.75, 3.05) is 6.54 Å². The summed E-state index contributed by atoms with van der Waals surface area (Å²) in [4.78, 5) is 10.9. The molecule has 0 saturated carbocycles. The van der Waals surface area contributed by atoms with Crippen molar-refractivity contribution >= 4 is 12.1 Å². The van der Waals surface area contributed by atoms with E-state index in [1.54, 1.807) is 10.9 Å². The number of hydrazone groups is 1. The highest BCUT2D eigenvalue weighted by molar-refractivity contribution is 5.79. The Hall–Kier alpha value is -1.85. The number of nitrogens with one attached hydrogen (secondary N) is 1. The molecule has 1 N–H and O–H groups in total. The van der Waals surface area contributed by atoms with Gasteiger partial charge in [-0.1, -0.05) is 0 Å². The topological polar surface area (TPSA) is 32.1 Å². The number of alkyl halides is 3. The number of rotatable bonds is 1. The summed E-state index contributed by atoms with van der Waals surface area (Å²) in [5.74, 6) is -0.0897. The van der Waals surface area contributed by atoms with E-state index in [4.69, 9.17) is 0 Å². The molecule has 0 aliphatic carbocycles. The summed E-state index contributed by atoms with van der Waals surface area (Å²) in [5, 5.41) is 0. The Morgan fingerprint density at radius 2 is 1.88 bits per heavy atom. The fraction of sp³-hybridized carbons (Fsp3) is 0.273. The average Bonchev–Trinajstić information content (AvgIpc) is 2.63. The number of hydrazine groups is 1. The molecule has 0 radical (unpaired) electrons. The Morgan fingerprint density at radius 3 is 2.35 bits per heavy atom. The molecule has 1 heterocycles. The van der Waals surface area contributed by atoms with Crippen molar-refractivity contribution < 1.29 is 22.7 Å². The summed E-state index contributed by atoms with van der Waals surface area (Å²) in [5.41, 5.74) is 2.49. The van der Waals surface area contributed by atoms with Gasteiger partial charge in [0.2, 0.25) is 6.21 Å². The fourth-order valence-electron chi connectivity index (χ4n) is 1.53. The van der Waals surface area contributed by atoms with Gasteiger partial charge in [-0.3, -0.25) is 4.79 Å². The number of benzene rings is 1. The SMILES string of the molecule is O=C1CC/[N+](=C\c2ccc(C(F)(F)F)cc2)N1. The predicted octanol–water partition coefficient (Wildman–Crippen LogP) is 1.57. The lowest BCUT2D eigenvalue weighted by molar-refractivity contribution is -0.553. The minimum Gasteiger partial charge on any atom is -0.269 e. The highest BCUT2D eigenvalue weighted by atomic mass is 19.4. The molecule has 0 aromatic heterocycles. The number of carbonyl (C=O) groups is 1. The molecule has 1 aliphatic heterocycles. The van der Waals surface area contributed by atoms with Crippen LogP contribution in [-0.2, 0) is 11.0 Å². The maximum atomic E-state index is 12.3. The predicted molar refractivity (Wildman–Crippen MR) is 54.5 cm³/mol. The highest BCUT2D eigenvalue weighted by Gasteiger charge is 2.30. The molecule has 0 unspecified atom stereocenters. The van der Waals surface area contributed by atoms with Gasteiger partial charge in [-0.05, 0) is 24.3 Å². The lowest BCUT2D eigenvalue weighted by Gasteiger charge is -2.05. The van der Waals surface area contributed by atoms with Crippen molar-refractivity contribution in [3.63, 3.8) is 0 Å². The van der Waals surface area contributed by atoms with Gasteiger partial charge in [-0.25, -0.2) is 0 Å². The fourth-order valence-corrected chi connectivity index (χ4v) is 1.53. The van der Waals surface area contributed by atoms with Crippen molar-refractivity contribution in [3.05, 3.63) is 35.4 Å². The number of hydrogen-bond acceptors (Lipinski definition) is 1. The van der Waals surface area contributed by atoms with Crippen LogP contribution in [-0.4, -0.2) is 23.4 Å². The monoisotopic (exact) mass is 243 g/mol. The van der Waals surface area contributed by atoms with Crippen LogP contribution in [0.15, 0.2) is 24.3 Å². The Balaban J connectivity index is 2.16. The van der Waals surface area contributed by atoms with E-state index in [0.717, 1.165) is 12.1 Å². The Bertz CT molecular complexity index is 463. The number of carbonyl (C=O) groups excluding carboxylic acids is 1. The Kier molecular flexibility index (Phi) is 2.87. The van der Waals surface area contributed by atoms with Crippen molar-refractivity contribution in [1.29, 1.82) is 0 Å². The number of amides is 1. The second-order valence-electron chi connectivity index (χ2n) is 3.73. The molecular weight excluding hydrogens is 233 g/mol. The Morgan fingerprint density at radius 1 is 1.24 bits per heavy atom. The van der Waals surface area contributed by atoms with Crippen LogP contribution in [0.25, 0.3) is 0 Å². The zero-order valence-corrected chi connectivity index (χ0v) is 8.79. The molecule has 90 valence electrons. The maximum Gasteiger partial charge on any atom is 0.416 e. The van der Waals surface area contributed by atoms with E-state index in [1.165, 1.54) is 12.1 Å². The molecule has 1 saturated heterocycles.